The van der Waals surface area contributed by atoms with Crippen molar-refractivity contribution in [1.29, 1.82) is 0 Å². The Morgan fingerprint density at radius 3 is 2.75 bits per heavy atom. The fourth-order valence-electron chi connectivity index (χ4n) is 1.42. The Hall–Kier alpha value is -1.22. The largest absolute Gasteiger partial charge is 0.508 e. The average molecular weight is 164 g/mol. The summed E-state index contributed by atoms with van der Waals surface area (Å²) in [5.41, 5.74) is 7.60. The highest BCUT2D eigenvalue weighted by Crippen LogP contribution is 2.28. The van der Waals surface area contributed by atoms with Crippen LogP contribution < -0.4 is 11.1 Å². The molecule has 0 aliphatic carbocycles. The van der Waals surface area contributed by atoms with Crippen LogP contribution in [0.5, 0.6) is 5.75 Å². The van der Waals surface area contributed by atoms with Crippen molar-refractivity contribution in [2.75, 3.05) is 18.8 Å². The fraction of sp³-hybridized carbons (Fsp3) is 0.333. The molecule has 0 radical (unpaired) electrons. The number of anilines is 1. The van der Waals surface area contributed by atoms with Gasteiger partial charge < -0.3 is 16.2 Å². The van der Waals surface area contributed by atoms with Gasteiger partial charge in [-0.3, -0.25) is 0 Å². The zero-order chi connectivity index (χ0) is 8.55. The highest BCUT2D eigenvalue weighted by molar-refractivity contribution is 5.52. The molecule has 0 aromatic heterocycles. The van der Waals surface area contributed by atoms with Gasteiger partial charge in [-0.1, -0.05) is 0 Å². The summed E-state index contributed by atoms with van der Waals surface area (Å²) in [6.07, 6.45) is 0. The number of hydrogen-bond acceptors (Lipinski definition) is 3. The van der Waals surface area contributed by atoms with Gasteiger partial charge in [-0.25, -0.2) is 0 Å². The Morgan fingerprint density at radius 1 is 1.42 bits per heavy atom. The van der Waals surface area contributed by atoms with Crippen LogP contribution in [0.25, 0.3) is 0 Å². The van der Waals surface area contributed by atoms with Gasteiger partial charge in [0.2, 0.25) is 0 Å². The fourth-order valence-corrected chi connectivity index (χ4v) is 1.42. The molecule has 1 saturated heterocycles. The highest BCUT2D eigenvalue weighted by atomic mass is 16.3. The van der Waals surface area contributed by atoms with Gasteiger partial charge in [-0.05, 0) is 23.8 Å². The number of nitrogens with one attached hydrogen (secondary N) is 1. The Balaban J connectivity index is 2.34. The van der Waals surface area contributed by atoms with Crippen molar-refractivity contribution in [1.82, 2.24) is 5.32 Å². The van der Waals surface area contributed by atoms with Gasteiger partial charge in [-0.2, -0.15) is 0 Å². The maximum absolute atomic E-state index is 9.23. The maximum Gasteiger partial charge on any atom is 0.116 e. The number of nitrogens with two attached hydrogens (primary N) is 1. The lowest BCUT2D eigenvalue weighted by Crippen LogP contribution is -2.40. The van der Waals surface area contributed by atoms with E-state index in [1.807, 2.05) is 0 Å². The summed E-state index contributed by atoms with van der Waals surface area (Å²) < 4.78 is 0. The zero-order valence-electron chi connectivity index (χ0n) is 6.75. The van der Waals surface area contributed by atoms with Gasteiger partial charge in [-0.15, -0.1) is 0 Å². The molecule has 0 unspecified atom stereocenters. The van der Waals surface area contributed by atoms with Gasteiger partial charge in [0.05, 0.1) is 0 Å². The molecule has 0 amide bonds. The summed E-state index contributed by atoms with van der Waals surface area (Å²) in [6, 6.07) is 5.12. The van der Waals surface area contributed by atoms with Crippen LogP contribution in [0.2, 0.25) is 0 Å². The number of rotatable bonds is 1. The van der Waals surface area contributed by atoms with Crippen LogP contribution in [0, 0.1) is 0 Å². The second-order valence-corrected chi connectivity index (χ2v) is 3.17. The molecule has 1 heterocycles. The lowest BCUT2D eigenvalue weighted by molar-refractivity contribution is 0.442. The lowest BCUT2D eigenvalue weighted by atomic mass is 9.92. The van der Waals surface area contributed by atoms with Crippen LogP contribution in [-0.2, 0) is 0 Å². The predicted octanol–water partition coefficient (Wildman–Crippen LogP) is 0.661. The molecule has 1 aromatic rings. The van der Waals surface area contributed by atoms with E-state index in [9.17, 15) is 5.11 Å². The van der Waals surface area contributed by atoms with E-state index < -0.39 is 0 Å². The number of nitrogen functional groups attached to an aromatic ring is 1. The summed E-state index contributed by atoms with van der Waals surface area (Å²) in [5.74, 6) is 0.781. The third-order valence-corrected chi connectivity index (χ3v) is 2.29. The quantitative estimate of drug-likeness (QED) is 0.422. The van der Waals surface area contributed by atoms with Crippen LogP contribution in [0.3, 0.4) is 0 Å². The Kier molecular flexibility index (Phi) is 1.66. The first-order valence-corrected chi connectivity index (χ1v) is 4.06. The smallest absolute Gasteiger partial charge is 0.116 e. The molecule has 1 aromatic carbocycles. The summed E-state index contributed by atoms with van der Waals surface area (Å²) >= 11 is 0. The third-order valence-electron chi connectivity index (χ3n) is 2.29. The van der Waals surface area contributed by atoms with Gasteiger partial charge >= 0.3 is 0 Å². The average Bonchev–Trinajstić information content (AvgIpc) is 1.93. The topological polar surface area (TPSA) is 58.3 Å². The number of phenols is 1. The summed E-state index contributed by atoms with van der Waals surface area (Å²) in [6.45, 7) is 1.93. The molecule has 64 valence electrons. The van der Waals surface area contributed by atoms with Crippen molar-refractivity contribution in [3.8, 4) is 5.75 Å². The number of aromatic hydroxyl groups is 1. The minimum atomic E-state index is 0.297. The predicted molar refractivity (Wildman–Crippen MR) is 48.1 cm³/mol. The van der Waals surface area contributed by atoms with E-state index in [-0.39, 0.29) is 0 Å². The molecule has 0 saturated carbocycles. The summed E-state index contributed by atoms with van der Waals surface area (Å²) in [7, 11) is 0. The second kappa shape index (κ2) is 2.68. The Morgan fingerprint density at radius 2 is 2.17 bits per heavy atom. The van der Waals surface area contributed by atoms with E-state index in [1.54, 1.807) is 18.2 Å². The normalized spacial score (nSPS) is 17.3. The van der Waals surface area contributed by atoms with Gasteiger partial charge in [0.15, 0.2) is 0 Å². The molecule has 3 nitrogen and oxygen atoms in total. The Labute approximate surface area is 71.2 Å². The second-order valence-electron chi connectivity index (χ2n) is 3.17. The summed E-state index contributed by atoms with van der Waals surface area (Å²) in [4.78, 5) is 0. The first-order chi connectivity index (χ1) is 5.77. The SMILES string of the molecule is Nc1ccc(O)cc1C1CNC1. The zero-order valence-corrected chi connectivity index (χ0v) is 6.75. The van der Waals surface area contributed by atoms with Crippen molar-refractivity contribution >= 4 is 5.69 Å². The molecular formula is C9H12N2O. The van der Waals surface area contributed by atoms with Gasteiger partial charge in [0.25, 0.3) is 0 Å². The number of phenolic OH excluding ortho intramolecular Hbond substituents is 1. The van der Waals surface area contributed by atoms with E-state index in [4.69, 9.17) is 5.73 Å². The molecule has 1 aliphatic heterocycles. The van der Waals surface area contributed by atoms with E-state index in [0.717, 1.165) is 24.3 Å². The highest BCUT2D eigenvalue weighted by Gasteiger charge is 2.20. The summed E-state index contributed by atoms with van der Waals surface area (Å²) in [5, 5.41) is 12.4. The van der Waals surface area contributed by atoms with Crippen LogP contribution in [0.4, 0.5) is 5.69 Å². The van der Waals surface area contributed by atoms with E-state index in [2.05, 4.69) is 5.32 Å². The minimum Gasteiger partial charge on any atom is -0.508 e. The molecule has 0 atom stereocenters. The minimum absolute atomic E-state index is 0.297. The van der Waals surface area contributed by atoms with E-state index in [1.165, 1.54) is 0 Å². The van der Waals surface area contributed by atoms with Crippen molar-refractivity contribution in [2.45, 2.75) is 5.92 Å². The van der Waals surface area contributed by atoms with Crippen LogP contribution >= 0.6 is 0 Å². The van der Waals surface area contributed by atoms with Crippen molar-refractivity contribution in [3.05, 3.63) is 23.8 Å². The van der Waals surface area contributed by atoms with Crippen molar-refractivity contribution in [3.63, 3.8) is 0 Å². The molecule has 1 fully saturated rings. The number of hydrogen-bond donors (Lipinski definition) is 3. The lowest BCUT2D eigenvalue weighted by Gasteiger charge is -2.28. The first-order valence-electron chi connectivity index (χ1n) is 4.06. The monoisotopic (exact) mass is 164 g/mol. The molecule has 4 N–H and O–H groups in total. The maximum atomic E-state index is 9.23. The molecular weight excluding hydrogens is 152 g/mol. The number of benzene rings is 1. The first kappa shape index (κ1) is 7.43. The van der Waals surface area contributed by atoms with Gasteiger partial charge in [0.1, 0.15) is 5.75 Å². The van der Waals surface area contributed by atoms with Crippen molar-refractivity contribution in [2.24, 2.45) is 0 Å². The third kappa shape index (κ3) is 1.12. The molecule has 0 spiro atoms. The van der Waals surface area contributed by atoms with Crippen LogP contribution in [-0.4, -0.2) is 18.2 Å². The van der Waals surface area contributed by atoms with E-state index in [0.29, 0.717) is 11.7 Å². The Bertz CT molecular complexity index is 295. The van der Waals surface area contributed by atoms with Crippen LogP contribution in [0.15, 0.2) is 18.2 Å². The van der Waals surface area contributed by atoms with Gasteiger partial charge in [0, 0.05) is 24.7 Å². The standard InChI is InChI=1S/C9H12N2O/c10-9-2-1-7(12)3-8(9)6-4-11-5-6/h1-3,6,11-12H,4-5,10H2. The molecule has 2 rings (SSSR count). The molecule has 12 heavy (non-hydrogen) atoms. The molecule has 0 bridgehead atoms. The molecule has 1 aliphatic rings. The van der Waals surface area contributed by atoms with Crippen molar-refractivity contribution < 1.29 is 5.11 Å². The molecule has 3 heteroatoms. The van der Waals surface area contributed by atoms with E-state index >= 15 is 0 Å². The van der Waals surface area contributed by atoms with Crippen LogP contribution in [0.1, 0.15) is 11.5 Å².